The van der Waals surface area contributed by atoms with E-state index < -0.39 is 17.7 Å². The van der Waals surface area contributed by atoms with Crippen molar-refractivity contribution in [2.45, 2.75) is 19.4 Å². The predicted octanol–water partition coefficient (Wildman–Crippen LogP) is 5.80. The lowest BCUT2D eigenvalue weighted by molar-refractivity contribution is -0.139. The number of ether oxygens (including phenoxy) is 1. The zero-order chi connectivity index (χ0) is 25.4. The number of hydrogen-bond donors (Lipinski definition) is 2. The number of benzene rings is 3. The van der Waals surface area contributed by atoms with Gasteiger partial charge in [-0.1, -0.05) is 53.6 Å². The molecule has 1 aliphatic rings. The Hall–Kier alpha value is -4.03. The molecule has 0 unspecified atom stereocenters. The number of carbonyl (C=O) groups is 2. The first kappa shape index (κ1) is 23.7. The molecule has 6 nitrogen and oxygen atoms in total. The van der Waals surface area contributed by atoms with Crippen molar-refractivity contribution in [2.24, 2.45) is 0 Å². The summed E-state index contributed by atoms with van der Waals surface area (Å²) in [5.74, 6) is -0.787. The number of ketones is 1. The molecule has 36 heavy (non-hydrogen) atoms. The number of carbonyl (C=O) groups excluding carboxylic acids is 2. The lowest BCUT2D eigenvalue weighted by atomic mass is 9.95. The SMILES string of the molecule is COc1ccc2[nH]cc(CCN3C(=O)C(=O)C(=C(O)c4ccc(C)cc4)[C@H]3c3ccc(Cl)cc3)c2c1. The minimum absolute atomic E-state index is 0.0757. The average Bonchev–Trinajstić information content (AvgIpc) is 3.40. The maximum atomic E-state index is 13.3. The number of aliphatic hydroxyl groups excluding tert-OH is 1. The number of H-pyrrole nitrogens is 1. The highest BCUT2D eigenvalue weighted by Crippen LogP contribution is 2.40. The third-order valence-corrected chi connectivity index (χ3v) is 6.90. The largest absolute Gasteiger partial charge is 0.507 e. The highest BCUT2D eigenvalue weighted by Gasteiger charge is 2.45. The van der Waals surface area contributed by atoms with Crippen LogP contribution in [-0.2, 0) is 16.0 Å². The first-order chi connectivity index (χ1) is 17.4. The van der Waals surface area contributed by atoms with Crippen LogP contribution in [0, 0.1) is 6.92 Å². The molecule has 0 spiro atoms. The van der Waals surface area contributed by atoms with E-state index in [1.165, 1.54) is 4.90 Å². The minimum Gasteiger partial charge on any atom is -0.507 e. The number of rotatable bonds is 6. The lowest BCUT2D eigenvalue weighted by Crippen LogP contribution is -2.31. The number of aromatic nitrogens is 1. The Morgan fingerprint density at radius 2 is 1.78 bits per heavy atom. The standard InChI is InChI=1S/C29H25ClN2O4/c1-17-3-5-19(6-4-17)27(33)25-26(18-7-9-21(30)10-8-18)32(29(35)28(25)34)14-13-20-16-31-24-12-11-22(36-2)15-23(20)24/h3-12,15-16,26,31,33H,13-14H2,1-2H3/t26-/m1/s1. The summed E-state index contributed by atoms with van der Waals surface area (Å²) in [6, 6.07) is 19.2. The molecule has 7 heteroatoms. The van der Waals surface area contributed by atoms with Crippen LogP contribution in [0.1, 0.15) is 28.3 Å². The third kappa shape index (κ3) is 4.25. The van der Waals surface area contributed by atoms with E-state index in [1.54, 1.807) is 43.5 Å². The van der Waals surface area contributed by atoms with Gasteiger partial charge in [-0.2, -0.15) is 0 Å². The summed E-state index contributed by atoms with van der Waals surface area (Å²) in [7, 11) is 1.62. The molecule has 2 N–H and O–H groups in total. The zero-order valence-electron chi connectivity index (χ0n) is 19.9. The molecule has 4 aromatic rings. The molecular formula is C29H25ClN2O4. The second-order valence-corrected chi connectivity index (χ2v) is 9.32. The molecule has 5 rings (SSSR count). The first-order valence-corrected chi connectivity index (χ1v) is 12.0. The van der Waals surface area contributed by atoms with Crippen molar-refractivity contribution in [3.05, 3.63) is 106 Å². The van der Waals surface area contributed by atoms with Crippen molar-refractivity contribution in [1.29, 1.82) is 0 Å². The minimum atomic E-state index is -0.733. The Morgan fingerprint density at radius 3 is 2.47 bits per heavy atom. The fraction of sp³-hybridized carbons (Fsp3) is 0.172. The van der Waals surface area contributed by atoms with Gasteiger partial charge in [0.2, 0.25) is 0 Å². The van der Waals surface area contributed by atoms with Gasteiger partial charge in [-0.05, 0) is 54.8 Å². The molecule has 1 aliphatic heterocycles. The van der Waals surface area contributed by atoms with Crippen molar-refractivity contribution in [1.82, 2.24) is 9.88 Å². The van der Waals surface area contributed by atoms with Crippen LogP contribution in [0.4, 0.5) is 0 Å². The average molecular weight is 501 g/mol. The van der Waals surface area contributed by atoms with Gasteiger partial charge in [0.1, 0.15) is 11.5 Å². The molecule has 1 amide bonds. The molecule has 1 atom stereocenters. The normalized spacial score (nSPS) is 17.2. The summed E-state index contributed by atoms with van der Waals surface area (Å²) >= 11 is 6.11. The third-order valence-electron chi connectivity index (χ3n) is 6.65. The smallest absolute Gasteiger partial charge is 0.295 e. The molecule has 182 valence electrons. The van der Waals surface area contributed by atoms with E-state index in [2.05, 4.69) is 4.98 Å². The van der Waals surface area contributed by atoms with Crippen LogP contribution in [0.2, 0.25) is 5.02 Å². The highest BCUT2D eigenvalue weighted by molar-refractivity contribution is 6.46. The topological polar surface area (TPSA) is 82.6 Å². The van der Waals surface area contributed by atoms with Gasteiger partial charge in [0.15, 0.2) is 0 Å². The van der Waals surface area contributed by atoms with Gasteiger partial charge in [-0.25, -0.2) is 0 Å². The van der Waals surface area contributed by atoms with Crippen LogP contribution in [0.15, 0.2) is 78.5 Å². The molecular weight excluding hydrogens is 476 g/mol. The Morgan fingerprint density at radius 1 is 1.06 bits per heavy atom. The summed E-state index contributed by atoms with van der Waals surface area (Å²) in [4.78, 5) is 31.3. The van der Waals surface area contributed by atoms with Crippen LogP contribution < -0.4 is 4.74 Å². The quantitative estimate of drug-likeness (QED) is 0.199. The van der Waals surface area contributed by atoms with Crippen LogP contribution in [0.25, 0.3) is 16.7 Å². The van der Waals surface area contributed by atoms with Gasteiger partial charge in [0, 0.05) is 34.2 Å². The van der Waals surface area contributed by atoms with E-state index in [4.69, 9.17) is 16.3 Å². The van der Waals surface area contributed by atoms with Gasteiger partial charge in [0.25, 0.3) is 11.7 Å². The molecule has 0 bridgehead atoms. The summed E-state index contributed by atoms with van der Waals surface area (Å²) in [6.45, 7) is 2.23. The van der Waals surface area contributed by atoms with Gasteiger partial charge < -0.3 is 19.7 Å². The maximum Gasteiger partial charge on any atom is 0.295 e. The number of Topliss-reactive ketones (excluding diaryl/α,β-unsaturated/α-hetero) is 1. The first-order valence-electron chi connectivity index (χ1n) is 11.6. The Balaban J connectivity index is 1.55. The van der Waals surface area contributed by atoms with E-state index in [0.29, 0.717) is 22.6 Å². The summed E-state index contributed by atoms with van der Waals surface area (Å²) in [5, 5.41) is 12.7. The number of aromatic amines is 1. The second kappa shape index (κ2) is 9.55. The molecule has 0 radical (unpaired) electrons. The van der Waals surface area contributed by atoms with Gasteiger partial charge in [-0.3, -0.25) is 9.59 Å². The summed E-state index contributed by atoms with van der Waals surface area (Å²) in [5.41, 5.74) is 4.25. The van der Waals surface area contributed by atoms with Crippen molar-refractivity contribution >= 4 is 40.0 Å². The fourth-order valence-corrected chi connectivity index (χ4v) is 4.83. The molecule has 1 saturated heterocycles. The highest BCUT2D eigenvalue weighted by atomic mass is 35.5. The van der Waals surface area contributed by atoms with Gasteiger partial charge in [-0.15, -0.1) is 0 Å². The fourth-order valence-electron chi connectivity index (χ4n) is 4.70. The summed E-state index contributed by atoms with van der Waals surface area (Å²) < 4.78 is 5.36. The zero-order valence-corrected chi connectivity index (χ0v) is 20.7. The molecule has 0 saturated carbocycles. The van der Waals surface area contributed by atoms with Crippen LogP contribution in [-0.4, -0.2) is 40.3 Å². The molecule has 2 heterocycles. The Bertz CT molecular complexity index is 1490. The Kier molecular flexibility index (Phi) is 6.29. The van der Waals surface area contributed by atoms with Crippen LogP contribution >= 0.6 is 11.6 Å². The monoisotopic (exact) mass is 500 g/mol. The molecule has 1 fully saturated rings. The van der Waals surface area contributed by atoms with Crippen molar-refractivity contribution < 1.29 is 19.4 Å². The van der Waals surface area contributed by atoms with Gasteiger partial charge in [0.05, 0.1) is 18.7 Å². The van der Waals surface area contributed by atoms with Crippen molar-refractivity contribution in [3.63, 3.8) is 0 Å². The predicted molar refractivity (Wildman–Crippen MR) is 140 cm³/mol. The van der Waals surface area contributed by atoms with E-state index in [-0.39, 0.29) is 17.9 Å². The molecule has 1 aromatic heterocycles. The Labute approximate surface area is 213 Å². The van der Waals surface area contributed by atoms with Crippen molar-refractivity contribution in [3.8, 4) is 5.75 Å². The van der Waals surface area contributed by atoms with E-state index in [9.17, 15) is 14.7 Å². The number of likely N-dealkylation sites (tertiary alicyclic amines) is 1. The second-order valence-electron chi connectivity index (χ2n) is 8.89. The number of nitrogens with one attached hydrogen (secondary N) is 1. The molecule has 0 aliphatic carbocycles. The number of aryl methyl sites for hydroxylation is 1. The number of halogens is 1. The number of nitrogens with zero attached hydrogens (tertiary/aromatic N) is 1. The van der Waals surface area contributed by atoms with E-state index >= 15 is 0 Å². The van der Waals surface area contributed by atoms with Gasteiger partial charge >= 0.3 is 0 Å². The van der Waals surface area contributed by atoms with Crippen LogP contribution in [0.3, 0.4) is 0 Å². The number of fused-ring (bicyclic) bond motifs is 1. The number of amides is 1. The summed E-state index contributed by atoms with van der Waals surface area (Å²) in [6.07, 6.45) is 2.42. The van der Waals surface area contributed by atoms with Crippen LogP contribution in [0.5, 0.6) is 5.75 Å². The number of aliphatic hydroxyl groups is 1. The number of methoxy groups -OCH3 is 1. The number of hydrogen-bond acceptors (Lipinski definition) is 4. The molecule has 3 aromatic carbocycles. The van der Waals surface area contributed by atoms with Crippen molar-refractivity contribution in [2.75, 3.05) is 13.7 Å². The maximum absolute atomic E-state index is 13.3. The lowest BCUT2D eigenvalue weighted by Gasteiger charge is -2.25. The van der Waals surface area contributed by atoms with E-state index in [0.717, 1.165) is 27.8 Å². The van der Waals surface area contributed by atoms with E-state index in [1.807, 2.05) is 43.5 Å².